The maximum Gasteiger partial charge on any atom is 0.150 e. The van der Waals surface area contributed by atoms with Gasteiger partial charge in [0.15, 0.2) is 0 Å². The number of fused-ring (bicyclic) bond motifs is 10. The minimum absolute atomic E-state index is 0.606. The van der Waals surface area contributed by atoms with Crippen molar-refractivity contribution in [3.05, 3.63) is 228 Å². The van der Waals surface area contributed by atoms with Crippen molar-refractivity contribution in [2.75, 3.05) is 9.80 Å². The minimum atomic E-state index is -0.836. The molecular formula is C51H34N2O2. The van der Waals surface area contributed by atoms with Gasteiger partial charge >= 0.3 is 0 Å². The van der Waals surface area contributed by atoms with Crippen LogP contribution in [-0.2, 0) is 5.41 Å². The van der Waals surface area contributed by atoms with Crippen molar-refractivity contribution in [2.24, 2.45) is 0 Å². The zero-order valence-corrected chi connectivity index (χ0v) is 29.8. The summed E-state index contributed by atoms with van der Waals surface area (Å²) in [5.41, 5.74) is 15.2. The molecule has 0 aromatic heterocycles. The Balaban J connectivity index is 1.30. The average Bonchev–Trinajstić information content (AvgIpc) is 3.71. The predicted molar refractivity (Wildman–Crippen MR) is 223 cm³/mol. The van der Waals surface area contributed by atoms with Crippen molar-refractivity contribution >= 4 is 46.7 Å². The Morgan fingerprint density at radius 3 is 0.909 bits per heavy atom. The summed E-state index contributed by atoms with van der Waals surface area (Å²) in [6.45, 7) is 0. The standard InChI is InChI=1S/C51H34N2O2/c54-33-35-21-25-43-45-27-23-41(52(37-13-5-1-6-14-37)38-15-7-2-8-16-38)31-49(45)51(47(43)29-35)48-30-36(34-55)22-26-44(48)46-28-24-42(32-50(46)51)53(39-17-9-3-10-18-39)40-19-11-4-12-20-40/h1-34H. The fraction of sp³-hybridized carbons (Fsp3) is 0.0196. The molecule has 2 aliphatic rings. The molecule has 4 heteroatoms. The van der Waals surface area contributed by atoms with Gasteiger partial charge in [0.05, 0.1) is 5.41 Å². The van der Waals surface area contributed by atoms with E-state index in [-0.39, 0.29) is 0 Å². The van der Waals surface area contributed by atoms with Crippen LogP contribution in [0.15, 0.2) is 194 Å². The second-order valence-electron chi connectivity index (χ2n) is 14.1. The second kappa shape index (κ2) is 13.0. The first-order valence-corrected chi connectivity index (χ1v) is 18.5. The smallest absolute Gasteiger partial charge is 0.150 e. The van der Waals surface area contributed by atoms with Crippen LogP contribution < -0.4 is 9.80 Å². The summed E-state index contributed by atoms with van der Waals surface area (Å²) >= 11 is 0. The van der Waals surface area contributed by atoms with Crippen LogP contribution in [0.25, 0.3) is 22.3 Å². The number of benzene rings is 8. The molecule has 0 amide bonds. The number of anilines is 6. The van der Waals surface area contributed by atoms with E-state index in [9.17, 15) is 9.59 Å². The van der Waals surface area contributed by atoms with Crippen LogP contribution >= 0.6 is 0 Å². The van der Waals surface area contributed by atoms with E-state index in [1.165, 1.54) is 0 Å². The Morgan fingerprint density at radius 2 is 0.600 bits per heavy atom. The first-order valence-electron chi connectivity index (χ1n) is 18.5. The summed E-state index contributed by atoms with van der Waals surface area (Å²) < 4.78 is 0. The number of nitrogens with zero attached hydrogens (tertiary/aromatic N) is 2. The summed E-state index contributed by atoms with van der Waals surface area (Å²) in [6.07, 6.45) is 1.85. The van der Waals surface area contributed by atoms with Crippen LogP contribution in [0.2, 0.25) is 0 Å². The predicted octanol–water partition coefficient (Wildman–Crippen LogP) is 12.6. The van der Waals surface area contributed by atoms with Crippen LogP contribution in [-0.4, -0.2) is 12.6 Å². The lowest BCUT2D eigenvalue weighted by atomic mass is 9.70. The quantitative estimate of drug-likeness (QED) is 0.148. The van der Waals surface area contributed by atoms with Gasteiger partial charge in [0.2, 0.25) is 0 Å². The molecular weight excluding hydrogens is 673 g/mol. The number of aldehydes is 2. The Morgan fingerprint density at radius 1 is 0.309 bits per heavy atom. The first-order chi connectivity index (χ1) is 27.2. The van der Waals surface area contributed by atoms with Gasteiger partial charge in [-0.25, -0.2) is 0 Å². The lowest BCUT2D eigenvalue weighted by Crippen LogP contribution is -2.27. The number of para-hydroxylation sites is 4. The number of rotatable bonds is 8. The third-order valence-electron chi connectivity index (χ3n) is 11.1. The highest BCUT2D eigenvalue weighted by molar-refractivity contribution is 5.99. The molecule has 4 nitrogen and oxygen atoms in total. The van der Waals surface area contributed by atoms with Crippen molar-refractivity contribution in [3.8, 4) is 22.3 Å². The van der Waals surface area contributed by atoms with Gasteiger partial charge in [0.25, 0.3) is 0 Å². The molecule has 0 aliphatic heterocycles. The number of carbonyl (C=O) groups is 2. The highest BCUT2D eigenvalue weighted by Gasteiger charge is 2.52. The zero-order chi connectivity index (χ0) is 36.9. The lowest BCUT2D eigenvalue weighted by Gasteiger charge is -2.33. The highest BCUT2D eigenvalue weighted by Crippen LogP contribution is 2.64. The van der Waals surface area contributed by atoms with E-state index in [1.54, 1.807) is 0 Å². The van der Waals surface area contributed by atoms with E-state index in [4.69, 9.17) is 0 Å². The summed E-state index contributed by atoms with van der Waals surface area (Å²) in [6, 6.07) is 67.3. The Hall–Kier alpha value is -7.30. The molecule has 0 saturated carbocycles. The van der Waals surface area contributed by atoms with Crippen molar-refractivity contribution in [1.29, 1.82) is 0 Å². The Kier molecular flexibility index (Phi) is 7.63. The van der Waals surface area contributed by atoms with E-state index in [0.717, 1.165) is 91.2 Å². The SMILES string of the molecule is O=Cc1ccc2c(c1)C1(c3cc(C=O)ccc3-c3ccc(N(c4ccccc4)c4ccccc4)cc31)c1cc(N(c3ccccc3)c3ccccc3)ccc1-2. The molecule has 0 saturated heterocycles. The summed E-state index contributed by atoms with van der Waals surface area (Å²) in [5.74, 6) is 0. The molecule has 260 valence electrons. The van der Waals surface area contributed by atoms with E-state index in [0.29, 0.717) is 11.1 Å². The third kappa shape index (κ3) is 4.99. The molecule has 0 fully saturated rings. The fourth-order valence-electron chi connectivity index (χ4n) is 8.87. The van der Waals surface area contributed by atoms with Gasteiger partial charge in [-0.3, -0.25) is 9.59 Å². The molecule has 0 radical (unpaired) electrons. The minimum Gasteiger partial charge on any atom is -0.310 e. The molecule has 2 aliphatic carbocycles. The van der Waals surface area contributed by atoms with Crippen LogP contribution in [0, 0.1) is 0 Å². The van der Waals surface area contributed by atoms with Gasteiger partial charge < -0.3 is 9.80 Å². The van der Waals surface area contributed by atoms with Crippen molar-refractivity contribution in [1.82, 2.24) is 0 Å². The van der Waals surface area contributed by atoms with Gasteiger partial charge in [0, 0.05) is 45.3 Å². The topological polar surface area (TPSA) is 40.6 Å². The molecule has 0 heterocycles. The number of hydrogen-bond donors (Lipinski definition) is 0. The van der Waals surface area contributed by atoms with Gasteiger partial charge in [-0.05, 0) is 129 Å². The summed E-state index contributed by atoms with van der Waals surface area (Å²) in [5, 5.41) is 0. The van der Waals surface area contributed by atoms with Gasteiger partial charge in [-0.15, -0.1) is 0 Å². The first kappa shape index (κ1) is 32.4. The zero-order valence-electron chi connectivity index (χ0n) is 29.8. The molecule has 0 bridgehead atoms. The third-order valence-corrected chi connectivity index (χ3v) is 11.1. The number of hydrogen-bond acceptors (Lipinski definition) is 4. The lowest BCUT2D eigenvalue weighted by molar-refractivity contribution is 0.111. The van der Waals surface area contributed by atoms with E-state index >= 15 is 0 Å². The molecule has 55 heavy (non-hydrogen) atoms. The largest absolute Gasteiger partial charge is 0.310 e. The molecule has 0 atom stereocenters. The van der Waals surface area contributed by atoms with Crippen molar-refractivity contribution in [3.63, 3.8) is 0 Å². The molecule has 0 N–H and O–H groups in total. The molecule has 0 unspecified atom stereocenters. The second-order valence-corrected chi connectivity index (χ2v) is 14.1. The van der Waals surface area contributed by atoms with E-state index in [2.05, 4.69) is 168 Å². The van der Waals surface area contributed by atoms with E-state index < -0.39 is 5.41 Å². The molecule has 8 aromatic rings. The average molecular weight is 707 g/mol. The summed E-state index contributed by atoms with van der Waals surface area (Å²) in [7, 11) is 0. The van der Waals surface area contributed by atoms with Crippen LogP contribution in [0.5, 0.6) is 0 Å². The van der Waals surface area contributed by atoms with Crippen LogP contribution in [0.3, 0.4) is 0 Å². The van der Waals surface area contributed by atoms with Gasteiger partial charge in [-0.1, -0.05) is 109 Å². The Labute approximate surface area is 320 Å². The fourth-order valence-corrected chi connectivity index (χ4v) is 8.87. The van der Waals surface area contributed by atoms with Crippen molar-refractivity contribution < 1.29 is 9.59 Å². The molecule has 8 aromatic carbocycles. The molecule has 1 spiro atoms. The molecule has 10 rings (SSSR count). The highest BCUT2D eigenvalue weighted by atomic mass is 16.1. The monoisotopic (exact) mass is 706 g/mol. The van der Waals surface area contributed by atoms with E-state index in [1.807, 2.05) is 36.4 Å². The Bertz CT molecular complexity index is 2470. The maximum atomic E-state index is 12.5. The number of carbonyl (C=O) groups excluding carboxylic acids is 2. The van der Waals surface area contributed by atoms with Gasteiger partial charge in [0.1, 0.15) is 12.6 Å². The maximum absolute atomic E-state index is 12.5. The normalized spacial score (nSPS) is 12.7. The van der Waals surface area contributed by atoms with Crippen LogP contribution in [0.1, 0.15) is 43.0 Å². The van der Waals surface area contributed by atoms with Crippen LogP contribution in [0.4, 0.5) is 34.1 Å². The van der Waals surface area contributed by atoms with Gasteiger partial charge in [-0.2, -0.15) is 0 Å². The van der Waals surface area contributed by atoms with Crippen molar-refractivity contribution in [2.45, 2.75) is 5.41 Å². The summed E-state index contributed by atoms with van der Waals surface area (Å²) in [4.78, 5) is 29.6.